The number of nitrogens with one attached hydrogen (secondary N) is 2. The number of methoxy groups -OCH3 is 1. The highest BCUT2D eigenvalue weighted by Crippen LogP contribution is 2.29. The van der Waals surface area contributed by atoms with Gasteiger partial charge in [-0.1, -0.05) is 12.1 Å². The molecule has 0 bridgehead atoms. The number of hydrogen-bond donors (Lipinski definition) is 2. The second-order valence-corrected chi connectivity index (χ2v) is 9.54. The summed E-state index contributed by atoms with van der Waals surface area (Å²) in [6, 6.07) is 11.4. The Labute approximate surface area is 189 Å². The van der Waals surface area contributed by atoms with Crippen LogP contribution in [0.2, 0.25) is 0 Å². The first kappa shape index (κ1) is 25.5. The number of benzene rings is 2. The van der Waals surface area contributed by atoms with E-state index in [1.54, 1.807) is 7.11 Å². The lowest BCUT2D eigenvalue weighted by atomic mass is 10.1. The van der Waals surface area contributed by atoms with Gasteiger partial charge in [0.25, 0.3) is 5.69 Å². The van der Waals surface area contributed by atoms with Crippen molar-refractivity contribution in [3.63, 3.8) is 0 Å². The van der Waals surface area contributed by atoms with Crippen LogP contribution in [0.1, 0.15) is 11.6 Å². The highest BCUT2D eigenvalue weighted by atomic mass is 32.2. The fraction of sp³-hybridized carbons (Fsp3) is 0.429. The lowest BCUT2D eigenvalue weighted by molar-refractivity contribution is -0.384. The molecule has 0 saturated heterocycles. The molecule has 0 saturated carbocycles. The van der Waals surface area contributed by atoms with Gasteiger partial charge in [-0.05, 0) is 58.0 Å². The normalized spacial score (nSPS) is 12.7. The Morgan fingerprint density at radius 1 is 1.12 bits per heavy atom. The van der Waals surface area contributed by atoms with E-state index in [9.17, 15) is 18.5 Å². The fourth-order valence-corrected chi connectivity index (χ4v) is 4.16. The van der Waals surface area contributed by atoms with Crippen molar-refractivity contribution >= 4 is 21.4 Å². The van der Waals surface area contributed by atoms with Gasteiger partial charge >= 0.3 is 0 Å². The average Bonchev–Trinajstić information content (AvgIpc) is 2.73. The third-order valence-electron chi connectivity index (χ3n) is 4.92. The molecular weight excluding hydrogens is 434 g/mol. The molecule has 10 nitrogen and oxygen atoms in total. The van der Waals surface area contributed by atoms with Crippen molar-refractivity contribution in [3.05, 3.63) is 58.1 Å². The van der Waals surface area contributed by atoms with Crippen LogP contribution >= 0.6 is 0 Å². The quantitative estimate of drug-likeness (QED) is 0.362. The monoisotopic (exact) mass is 465 g/mol. The summed E-state index contributed by atoms with van der Waals surface area (Å²) >= 11 is 0. The minimum Gasteiger partial charge on any atom is -0.497 e. The van der Waals surface area contributed by atoms with E-state index in [0.29, 0.717) is 13.1 Å². The molecule has 0 spiro atoms. The number of anilines is 1. The van der Waals surface area contributed by atoms with Crippen LogP contribution in [0.4, 0.5) is 11.4 Å². The second kappa shape index (κ2) is 11.2. The summed E-state index contributed by atoms with van der Waals surface area (Å²) in [5.74, 6) is 0.719. The molecular formula is C21H31N5O5S. The summed E-state index contributed by atoms with van der Waals surface area (Å²) in [4.78, 5) is 14.7. The Morgan fingerprint density at radius 3 is 2.44 bits per heavy atom. The summed E-state index contributed by atoms with van der Waals surface area (Å²) in [5, 5.41) is 14.8. The van der Waals surface area contributed by atoms with E-state index >= 15 is 0 Å². The first-order valence-electron chi connectivity index (χ1n) is 10.0. The maximum Gasteiger partial charge on any atom is 0.293 e. The van der Waals surface area contributed by atoms with Gasteiger partial charge in [0, 0.05) is 25.7 Å². The van der Waals surface area contributed by atoms with Gasteiger partial charge in [0.15, 0.2) is 0 Å². The van der Waals surface area contributed by atoms with E-state index in [1.165, 1.54) is 12.1 Å². The molecule has 2 aromatic carbocycles. The van der Waals surface area contributed by atoms with E-state index in [1.807, 2.05) is 62.3 Å². The molecule has 0 aliphatic rings. The summed E-state index contributed by atoms with van der Waals surface area (Å²) < 4.78 is 32.8. The summed E-state index contributed by atoms with van der Waals surface area (Å²) in [5.41, 5.74) is 0.925. The number of ether oxygens (including phenoxy) is 1. The predicted molar refractivity (Wildman–Crippen MR) is 125 cm³/mol. The van der Waals surface area contributed by atoms with Crippen molar-refractivity contribution in [2.45, 2.75) is 10.9 Å². The Hall–Kier alpha value is -2.73. The summed E-state index contributed by atoms with van der Waals surface area (Å²) in [7, 11) is 5.21. The molecule has 11 heteroatoms. The van der Waals surface area contributed by atoms with Gasteiger partial charge < -0.3 is 19.9 Å². The van der Waals surface area contributed by atoms with Crippen molar-refractivity contribution in [1.82, 2.24) is 14.5 Å². The number of hydrogen-bond acceptors (Lipinski definition) is 8. The van der Waals surface area contributed by atoms with Crippen molar-refractivity contribution in [2.24, 2.45) is 0 Å². The zero-order chi connectivity index (χ0) is 23.9. The van der Waals surface area contributed by atoms with Gasteiger partial charge in [-0.2, -0.15) is 0 Å². The zero-order valence-electron chi connectivity index (χ0n) is 19.0. The first-order valence-corrected chi connectivity index (χ1v) is 11.5. The topological polar surface area (TPSA) is 117 Å². The van der Waals surface area contributed by atoms with E-state index < -0.39 is 14.9 Å². The molecule has 0 aliphatic heterocycles. The average molecular weight is 466 g/mol. The number of rotatable bonds is 12. The van der Waals surface area contributed by atoms with Crippen molar-refractivity contribution in [2.75, 3.05) is 60.3 Å². The smallest absolute Gasteiger partial charge is 0.293 e. The van der Waals surface area contributed by atoms with E-state index in [0.717, 1.165) is 17.4 Å². The van der Waals surface area contributed by atoms with Gasteiger partial charge in [-0.3, -0.25) is 10.1 Å². The number of sulfonamides is 1. The van der Waals surface area contributed by atoms with E-state index in [2.05, 4.69) is 10.0 Å². The number of nitro groups is 1. The molecule has 0 aliphatic carbocycles. The number of likely N-dealkylation sites (N-methyl/N-ethyl adjacent to an activating group) is 2. The lowest BCUT2D eigenvalue weighted by Gasteiger charge is -2.26. The molecule has 1 atom stereocenters. The predicted octanol–water partition coefficient (Wildman–Crippen LogP) is 2.16. The molecule has 32 heavy (non-hydrogen) atoms. The van der Waals surface area contributed by atoms with Crippen LogP contribution in [-0.2, 0) is 10.0 Å². The van der Waals surface area contributed by atoms with E-state index in [4.69, 9.17) is 4.74 Å². The SMILES string of the molecule is COc1cccc(C(CNc2ccc(S(=O)(=O)NCCN(C)C)cc2[N+](=O)[O-])N(C)C)c1. The van der Waals surface area contributed by atoms with Crippen molar-refractivity contribution in [3.8, 4) is 5.75 Å². The number of nitro benzene ring substituents is 1. The molecule has 0 amide bonds. The fourth-order valence-electron chi connectivity index (χ4n) is 3.12. The van der Waals surface area contributed by atoms with Crippen molar-refractivity contribution in [1.29, 1.82) is 0 Å². The van der Waals surface area contributed by atoms with Crippen LogP contribution in [0.15, 0.2) is 47.4 Å². The lowest BCUT2D eigenvalue weighted by Crippen LogP contribution is -2.31. The minimum atomic E-state index is -3.86. The molecule has 2 N–H and O–H groups in total. The first-order chi connectivity index (χ1) is 15.0. The molecule has 176 valence electrons. The molecule has 2 aromatic rings. The van der Waals surface area contributed by atoms with Crippen LogP contribution in [0.5, 0.6) is 5.75 Å². The van der Waals surface area contributed by atoms with Crippen LogP contribution in [0, 0.1) is 10.1 Å². The van der Waals surface area contributed by atoms with E-state index in [-0.39, 0.29) is 28.9 Å². The third-order valence-corrected chi connectivity index (χ3v) is 6.37. The maximum atomic E-state index is 12.5. The Morgan fingerprint density at radius 2 is 1.84 bits per heavy atom. The molecule has 0 fully saturated rings. The van der Waals surface area contributed by atoms with Crippen LogP contribution < -0.4 is 14.8 Å². The third kappa shape index (κ3) is 6.89. The zero-order valence-corrected chi connectivity index (χ0v) is 19.8. The summed E-state index contributed by atoms with van der Waals surface area (Å²) in [6.07, 6.45) is 0. The molecule has 0 aromatic heterocycles. The van der Waals surface area contributed by atoms with Crippen LogP contribution in [0.3, 0.4) is 0 Å². The van der Waals surface area contributed by atoms with Crippen LogP contribution in [0.25, 0.3) is 0 Å². The Kier molecular flexibility index (Phi) is 8.96. The van der Waals surface area contributed by atoms with Gasteiger partial charge in [-0.15, -0.1) is 0 Å². The maximum absolute atomic E-state index is 12.5. The molecule has 0 heterocycles. The molecule has 0 radical (unpaired) electrons. The Balaban J connectivity index is 2.24. The van der Waals surface area contributed by atoms with Gasteiger partial charge in [0.1, 0.15) is 11.4 Å². The van der Waals surface area contributed by atoms with Crippen molar-refractivity contribution < 1.29 is 18.1 Å². The number of nitrogens with zero attached hydrogens (tertiary/aromatic N) is 3. The standard InChI is InChI=1S/C21H31N5O5S/c1-24(2)12-11-23-32(29,30)18-9-10-19(20(14-18)26(27)28)22-15-21(25(3)4)16-7-6-8-17(13-16)31-5/h6-10,13-14,21-23H,11-12,15H2,1-5H3. The van der Waals surface area contributed by atoms with Gasteiger partial charge in [0.2, 0.25) is 10.0 Å². The van der Waals surface area contributed by atoms with Crippen LogP contribution in [-0.4, -0.2) is 78.1 Å². The molecule has 2 rings (SSSR count). The van der Waals surface area contributed by atoms with Gasteiger partial charge in [0.05, 0.1) is 23.0 Å². The second-order valence-electron chi connectivity index (χ2n) is 7.77. The summed E-state index contributed by atoms with van der Waals surface area (Å²) in [6.45, 7) is 1.08. The highest BCUT2D eigenvalue weighted by Gasteiger charge is 2.23. The minimum absolute atomic E-state index is 0.0965. The Bertz CT molecular complexity index is 1030. The molecule has 1 unspecified atom stereocenters. The highest BCUT2D eigenvalue weighted by molar-refractivity contribution is 7.89. The largest absolute Gasteiger partial charge is 0.497 e. The van der Waals surface area contributed by atoms with Gasteiger partial charge in [-0.25, -0.2) is 13.1 Å².